The van der Waals surface area contributed by atoms with E-state index in [1.54, 1.807) is 6.08 Å². The van der Waals surface area contributed by atoms with E-state index < -0.39 is 0 Å². The molecule has 0 heterocycles. The Bertz CT molecular complexity index is 68.2. The molecule has 0 saturated carbocycles. The smallest absolute Gasteiger partial charge is 0.242 e. The van der Waals surface area contributed by atoms with Gasteiger partial charge in [-0.1, -0.05) is 6.92 Å². The zero-order chi connectivity index (χ0) is 4.99. The Morgan fingerprint density at radius 1 is 1.71 bits per heavy atom. The van der Waals surface area contributed by atoms with Crippen molar-refractivity contribution >= 4 is 0 Å². The van der Waals surface area contributed by atoms with E-state index in [-0.39, 0.29) is 51.4 Å². The van der Waals surface area contributed by atoms with Crippen LogP contribution in [0.2, 0.25) is 0 Å². The summed E-state index contributed by atoms with van der Waals surface area (Å²) >= 11 is 0. The largest absolute Gasteiger partial charge is 1.00 e. The van der Waals surface area contributed by atoms with Gasteiger partial charge < -0.3 is 0 Å². The van der Waals surface area contributed by atoms with Gasteiger partial charge in [0.25, 0.3) is 0 Å². The minimum atomic E-state index is 0. The molecule has 0 aliphatic heterocycles. The van der Waals surface area contributed by atoms with Gasteiger partial charge in [-0.05, 0) is 0 Å². The molecule has 0 nitrogen and oxygen atoms in total. The fourth-order valence-corrected chi connectivity index (χ4v) is 0.201. The van der Waals surface area contributed by atoms with E-state index >= 15 is 0 Å². The monoisotopic (exact) mass is 120 g/mol. The van der Waals surface area contributed by atoms with Crippen LogP contribution < -0.4 is 51.4 Å². The second kappa shape index (κ2) is 6.99. The Morgan fingerprint density at radius 2 is 2.14 bits per heavy atom. The summed E-state index contributed by atoms with van der Waals surface area (Å²) < 4.78 is 0. The first-order valence-electron chi connectivity index (χ1n) is 1.88. The maximum absolute atomic E-state index is 3.62. The molecule has 0 aliphatic carbocycles. The minimum absolute atomic E-state index is 0. The minimum Gasteiger partial charge on any atom is -0.242 e. The molecule has 0 aliphatic rings. The van der Waals surface area contributed by atoms with Crippen molar-refractivity contribution in [2.75, 3.05) is 0 Å². The maximum atomic E-state index is 3.62. The van der Waals surface area contributed by atoms with Crippen molar-refractivity contribution in [2.24, 2.45) is 0 Å². The predicted molar refractivity (Wildman–Crippen MR) is 29.3 cm³/mol. The molecule has 0 radical (unpaired) electrons. The molecular formula is C6H9K. The predicted octanol–water partition coefficient (Wildman–Crippen LogP) is -1.04. The second-order valence-electron chi connectivity index (χ2n) is 1.25. The summed E-state index contributed by atoms with van der Waals surface area (Å²) in [6.07, 6.45) is 3.59. The summed E-state index contributed by atoms with van der Waals surface area (Å²) in [5.41, 5.74) is 1.05. The first kappa shape index (κ1) is 10.9. The second-order valence-corrected chi connectivity index (χ2v) is 1.25. The Hall–Kier alpha value is 0.986. The summed E-state index contributed by atoms with van der Waals surface area (Å²) in [5.74, 6) is 0. The van der Waals surface area contributed by atoms with E-state index in [2.05, 4.69) is 13.5 Å². The number of rotatable bonds is 1. The molecule has 7 heavy (non-hydrogen) atoms. The molecule has 0 aromatic rings. The molecule has 0 N–H and O–H groups in total. The molecule has 0 aromatic heterocycles. The van der Waals surface area contributed by atoms with Crippen LogP contribution in [0.5, 0.6) is 0 Å². The van der Waals surface area contributed by atoms with Gasteiger partial charge in [0.15, 0.2) is 0 Å². The third-order valence-electron chi connectivity index (χ3n) is 0.402. The van der Waals surface area contributed by atoms with Crippen molar-refractivity contribution in [1.29, 1.82) is 0 Å². The normalized spacial score (nSPS) is 9.57. The van der Waals surface area contributed by atoms with E-state index in [4.69, 9.17) is 0 Å². The topological polar surface area (TPSA) is 0 Å². The van der Waals surface area contributed by atoms with Gasteiger partial charge in [-0.3, -0.25) is 0 Å². The Labute approximate surface area is 88.1 Å². The van der Waals surface area contributed by atoms with E-state index in [0.29, 0.717) is 0 Å². The molecule has 34 valence electrons. The summed E-state index contributed by atoms with van der Waals surface area (Å²) in [6.45, 7) is 9.03. The average molecular weight is 120 g/mol. The SMILES string of the molecule is C=CC=C([CH2-])C.[K+]. The van der Waals surface area contributed by atoms with Crippen LogP contribution in [0.3, 0.4) is 0 Å². The van der Waals surface area contributed by atoms with E-state index in [1.165, 1.54) is 0 Å². The van der Waals surface area contributed by atoms with Gasteiger partial charge in [0.05, 0.1) is 0 Å². The molecule has 1 heteroatoms. The maximum Gasteiger partial charge on any atom is 1.00 e. The van der Waals surface area contributed by atoms with Crippen molar-refractivity contribution in [2.45, 2.75) is 6.92 Å². The van der Waals surface area contributed by atoms with Crippen LogP contribution in [-0.4, -0.2) is 0 Å². The number of hydrogen-bond donors (Lipinski definition) is 0. The summed E-state index contributed by atoms with van der Waals surface area (Å²) in [4.78, 5) is 0. The van der Waals surface area contributed by atoms with E-state index in [1.807, 2.05) is 13.0 Å². The summed E-state index contributed by atoms with van der Waals surface area (Å²) in [6, 6.07) is 0. The molecule has 0 amide bonds. The average Bonchev–Trinajstić information content (AvgIpc) is 1.35. The molecule has 0 bridgehead atoms. The van der Waals surface area contributed by atoms with E-state index in [0.717, 1.165) is 5.57 Å². The van der Waals surface area contributed by atoms with Crippen LogP contribution in [0.1, 0.15) is 6.92 Å². The van der Waals surface area contributed by atoms with Crippen molar-refractivity contribution < 1.29 is 51.4 Å². The van der Waals surface area contributed by atoms with E-state index in [9.17, 15) is 0 Å². The molecule has 0 atom stereocenters. The zero-order valence-electron chi connectivity index (χ0n) is 5.07. The molecule has 0 rings (SSSR count). The fraction of sp³-hybridized carbons (Fsp3) is 0.167. The first-order chi connectivity index (χ1) is 2.77. The van der Waals surface area contributed by atoms with Crippen LogP contribution in [0.15, 0.2) is 24.3 Å². The van der Waals surface area contributed by atoms with Gasteiger partial charge in [-0.15, -0.1) is 6.58 Å². The summed E-state index contributed by atoms with van der Waals surface area (Å²) in [7, 11) is 0. The molecule has 0 spiro atoms. The summed E-state index contributed by atoms with van der Waals surface area (Å²) in [5, 5.41) is 0. The number of allylic oxidation sites excluding steroid dienone is 3. The van der Waals surface area contributed by atoms with Crippen LogP contribution in [-0.2, 0) is 0 Å². The molecule has 0 unspecified atom stereocenters. The van der Waals surface area contributed by atoms with Crippen LogP contribution in [0, 0.1) is 6.92 Å². The zero-order valence-corrected chi connectivity index (χ0v) is 8.19. The van der Waals surface area contributed by atoms with Gasteiger partial charge in [-0.2, -0.15) is 6.08 Å². The Balaban J connectivity index is 0. The molecule has 0 fully saturated rings. The van der Waals surface area contributed by atoms with Gasteiger partial charge >= 0.3 is 51.4 Å². The third-order valence-corrected chi connectivity index (χ3v) is 0.402. The van der Waals surface area contributed by atoms with Crippen LogP contribution in [0.25, 0.3) is 0 Å². The van der Waals surface area contributed by atoms with Crippen molar-refractivity contribution in [3.05, 3.63) is 31.2 Å². The van der Waals surface area contributed by atoms with Gasteiger partial charge in [0, 0.05) is 0 Å². The van der Waals surface area contributed by atoms with Gasteiger partial charge in [0.1, 0.15) is 0 Å². The molecule has 0 aromatic carbocycles. The van der Waals surface area contributed by atoms with Crippen molar-refractivity contribution in [1.82, 2.24) is 0 Å². The van der Waals surface area contributed by atoms with Crippen molar-refractivity contribution in [3.63, 3.8) is 0 Å². The van der Waals surface area contributed by atoms with Gasteiger partial charge in [-0.25, -0.2) is 18.6 Å². The molecule has 0 saturated heterocycles. The third kappa shape index (κ3) is 10.9. The number of hydrogen-bond acceptors (Lipinski definition) is 0. The Morgan fingerprint density at radius 3 is 2.14 bits per heavy atom. The van der Waals surface area contributed by atoms with Crippen LogP contribution in [0.4, 0.5) is 0 Å². The Kier molecular flexibility index (Phi) is 10.9. The molecular weight excluding hydrogens is 111 g/mol. The fourth-order valence-electron chi connectivity index (χ4n) is 0.201. The van der Waals surface area contributed by atoms with Crippen LogP contribution >= 0.6 is 0 Å². The quantitative estimate of drug-likeness (QED) is 0.235. The van der Waals surface area contributed by atoms with Crippen molar-refractivity contribution in [3.8, 4) is 0 Å². The standard InChI is InChI=1S/C6H9.K/c1-4-5-6(2)3;/h4-5H,1-2H2,3H3;/q-1;+1. The first-order valence-corrected chi connectivity index (χ1v) is 1.88. The van der Waals surface area contributed by atoms with Gasteiger partial charge in [0.2, 0.25) is 0 Å².